The molecule has 0 amide bonds. The number of aromatic nitrogens is 3. The minimum absolute atomic E-state index is 0.806. The van der Waals surface area contributed by atoms with Crippen LogP contribution in [0.25, 0.3) is 10.3 Å². The second-order valence-corrected chi connectivity index (χ2v) is 9.48. The molecule has 0 unspecified atom stereocenters. The van der Waals surface area contributed by atoms with Gasteiger partial charge in [0.15, 0.2) is 20.9 Å². The normalized spacial score (nSPS) is 14.8. The number of likely N-dealkylation sites (N-methyl/N-ethyl adjacent to an activating group) is 1. The molecule has 8 heteroatoms. The van der Waals surface area contributed by atoms with E-state index in [4.69, 9.17) is 15.0 Å². The van der Waals surface area contributed by atoms with E-state index in [-0.39, 0.29) is 0 Å². The number of benzene rings is 2. The van der Waals surface area contributed by atoms with E-state index in [0.717, 1.165) is 64.1 Å². The first-order valence-corrected chi connectivity index (χ1v) is 12.2. The van der Waals surface area contributed by atoms with Crippen molar-refractivity contribution in [1.82, 2.24) is 19.9 Å². The van der Waals surface area contributed by atoms with Gasteiger partial charge in [-0.3, -0.25) is 0 Å². The van der Waals surface area contributed by atoms with E-state index in [1.807, 2.05) is 36.4 Å². The molecule has 158 valence electrons. The number of thiazole rings is 1. The van der Waals surface area contributed by atoms with Gasteiger partial charge in [0, 0.05) is 37.6 Å². The number of fused-ring (bicyclic) bond motifs is 1. The first kappa shape index (κ1) is 20.2. The van der Waals surface area contributed by atoms with Crippen LogP contribution in [0.15, 0.2) is 65.8 Å². The van der Waals surface area contributed by atoms with E-state index in [1.54, 1.807) is 23.1 Å². The molecule has 0 saturated carbocycles. The van der Waals surface area contributed by atoms with Crippen LogP contribution in [0.3, 0.4) is 0 Å². The van der Waals surface area contributed by atoms with Gasteiger partial charge >= 0.3 is 0 Å². The van der Waals surface area contributed by atoms with E-state index in [2.05, 4.69) is 46.4 Å². The number of thioether (sulfide) groups is 1. The second-order valence-electron chi connectivity index (χ2n) is 7.56. The zero-order valence-corrected chi connectivity index (χ0v) is 19.0. The smallest absolute Gasteiger partial charge is 0.191 e. The van der Waals surface area contributed by atoms with Crippen molar-refractivity contribution in [2.24, 2.45) is 0 Å². The van der Waals surface area contributed by atoms with Gasteiger partial charge in [-0.15, -0.1) is 0 Å². The highest BCUT2D eigenvalue weighted by molar-refractivity contribution is 7.98. The van der Waals surface area contributed by atoms with Gasteiger partial charge in [0.2, 0.25) is 0 Å². The van der Waals surface area contributed by atoms with Gasteiger partial charge in [0.25, 0.3) is 0 Å². The number of hydrogen-bond donors (Lipinski definition) is 1. The molecule has 1 saturated heterocycles. The third-order valence-corrected chi connectivity index (χ3v) is 7.04. The molecular formula is C23H24N6S2. The Morgan fingerprint density at radius 2 is 1.61 bits per heavy atom. The molecule has 4 aromatic rings. The Bertz CT molecular complexity index is 1140. The fourth-order valence-corrected chi connectivity index (χ4v) is 5.22. The summed E-state index contributed by atoms with van der Waals surface area (Å²) in [5.41, 5.74) is 3.18. The Balaban J connectivity index is 1.47. The Kier molecular flexibility index (Phi) is 6.01. The van der Waals surface area contributed by atoms with Gasteiger partial charge in [-0.25, -0.2) is 15.0 Å². The van der Waals surface area contributed by atoms with Crippen molar-refractivity contribution in [3.63, 3.8) is 0 Å². The highest BCUT2D eigenvalue weighted by Gasteiger charge is 2.22. The highest BCUT2D eigenvalue weighted by atomic mass is 32.2. The number of nitrogens with one attached hydrogen (secondary N) is 1. The van der Waals surface area contributed by atoms with Crippen LogP contribution in [0.5, 0.6) is 0 Å². The molecule has 0 bridgehead atoms. The third-order valence-electron chi connectivity index (χ3n) is 5.26. The van der Waals surface area contributed by atoms with Gasteiger partial charge in [-0.05, 0) is 24.7 Å². The molecule has 6 nitrogen and oxygen atoms in total. The van der Waals surface area contributed by atoms with Crippen molar-refractivity contribution < 1.29 is 0 Å². The van der Waals surface area contributed by atoms with Gasteiger partial charge < -0.3 is 15.1 Å². The molecule has 5 rings (SSSR count). The molecule has 1 aliphatic rings. The zero-order chi connectivity index (χ0) is 21.0. The minimum atomic E-state index is 0.806. The Morgan fingerprint density at radius 3 is 2.35 bits per heavy atom. The predicted molar refractivity (Wildman–Crippen MR) is 131 cm³/mol. The summed E-state index contributed by atoms with van der Waals surface area (Å²) < 4.78 is 0. The van der Waals surface area contributed by atoms with Crippen LogP contribution in [-0.2, 0) is 5.75 Å². The molecule has 2 aromatic carbocycles. The van der Waals surface area contributed by atoms with E-state index in [0.29, 0.717) is 0 Å². The molecule has 1 N–H and O–H groups in total. The molecule has 0 spiro atoms. The standard InChI is InChI=1S/C23H24N6S2/c1-28-12-14-29(15-13-28)20-19-21(31-23(25-19)24-18-10-6-3-7-11-18)27-22(26-20)30-16-17-8-4-2-5-9-17/h2-11H,12-16H2,1H3,(H,24,25). The molecular weight excluding hydrogens is 424 g/mol. The fourth-order valence-electron chi connectivity index (χ4n) is 3.51. The second kappa shape index (κ2) is 9.21. The quantitative estimate of drug-likeness (QED) is 0.333. The Hall–Kier alpha value is -2.68. The van der Waals surface area contributed by atoms with Crippen LogP contribution < -0.4 is 10.2 Å². The van der Waals surface area contributed by atoms with E-state index in [1.165, 1.54) is 5.56 Å². The molecule has 0 radical (unpaired) electrons. The first-order valence-electron chi connectivity index (χ1n) is 10.4. The van der Waals surface area contributed by atoms with Gasteiger partial charge in [-0.2, -0.15) is 0 Å². The van der Waals surface area contributed by atoms with Crippen molar-refractivity contribution in [2.75, 3.05) is 43.4 Å². The van der Waals surface area contributed by atoms with E-state index >= 15 is 0 Å². The summed E-state index contributed by atoms with van der Waals surface area (Å²) in [5, 5.41) is 5.06. The average molecular weight is 449 g/mol. The lowest BCUT2D eigenvalue weighted by molar-refractivity contribution is 0.312. The summed E-state index contributed by atoms with van der Waals surface area (Å²) in [5.74, 6) is 1.80. The Labute approximate surface area is 190 Å². The molecule has 2 aromatic heterocycles. The number of anilines is 3. The number of para-hydroxylation sites is 1. The topological polar surface area (TPSA) is 57.2 Å². The predicted octanol–water partition coefficient (Wildman–Crippen LogP) is 4.87. The summed E-state index contributed by atoms with van der Waals surface area (Å²) in [6.07, 6.45) is 0. The van der Waals surface area contributed by atoms with Crippen LogP contribution in [0, 0.1) is 0 Å². The molecule has 0 atom stereocenters. The fraction of sp³-hybridized carbons (Fsp3) is 0.261. The van der Waals surface area contributed by atoms with Crippen LogP contribution >= 0.6 is 23.1 Å². The van der Waals surface area contributed by atoms with Gasteiger partial charge in [-0.1, -0.05) is 71.6 Å². The van der Waals surface area contributed by atoms with Crippen molar-refractivity contribution in [1.29, 1.82) is 0 Å². The summed E-state index contributed by atoms with van der Waals surface area (Å²) >= 11 is 3.26. The molecule has 0 aliphatic carbocycles. The lowest BCUT2D eigenvalue weighted by Gasteiger charge is -2.33. The van der Waals surface area contributed by atoms with Gasteiger partial charge in [0.1, 0.15) is 5.52 Å². The summed E-state index contributed by atoms with van der Waals surface area (Å²) in [6, 6.07) is 20.6. The summed E-state index contributed by atoms with van der Waals surface area (Å²) in [7, 11) is 2.17. The maximum absolute atomic E-state index is 4.96. The van der Waals surface area contributed by atoms with Crippen molar-refractivity contribution in [3.8, 4) is 0 Å². The molecule has 1 aliphatic heterocycles. The van der Waals surface area contributed by atoms with Gasteiger partial charge in [0.05, 0.1) is 0 Å². The van der Waals surface area contributed by atoms with E-state index in [9.17, 15) is 0 Å². The largest absolute Gasteiger partial charge is 0.352 e. The summed E-state index contributed by atoms with van der Waals surface area (Å²) in [4.78, 5) is 20.3. The SMILES string of the molecule is CN1CCN(c2nc(SCc3ccccc3)nc3sc(Nc4ccccc4)nc23)CC1. The monoisotopic (exact) mass is 448 g/mol. The lowest BCUT2D eigenvalue weighted by atomic mass is 10.2. The van der Waals surface area contributed by atoms with Crippen LogP contribution in [0.4, 0.5) is 16.6 Å². The van der Waals surface area contributed by atoms with Crippen molar-refractivity contribution in [2.45, 2.75) is 10.9 Å². The maximum atomic E-state index is 4.96. The number of rotatable bonds is 6. The van der Waals surface area contributed by atoms with Crippen LogP contribution in [0.1, 0.15) is 5.56 Å². The van der Waals surface area contributed by atoms with E-state index < -0.39 is 0 Å². The minimum Gasteiger partial charge on any atom is -0.352 e. The molecule has 31 heavy (non-hydrogen) atoms. The zero-order valence-electron chi connectivity index (χ0n) is 17.4. The lowest BCUT2D eigenvalue weighted by Crippen LogP contribution is -2.45. The molecule has 3 heterocycles. The average Bonchev–Trinajstić information content (AvgIpc) is 3.21. The van der Waals surface area contributed by atoms with Crippen molar-refractivity contribution >= 4 is 50.1 Å². The number of nitrogens with zero attached hydrogens (tertiary/aromatic N) is 5. The van der Waals surface area contributed by atoms with Crippen LogP contribution in [0.2, 0.25) is 0 Å². The maximum Gasteiger partial charge on any atom is 0.191 e. The highest BCUT2D eigenvalue weighted by Crippen LogP contribution is 2.34. The third kappa shape index (κ3) is 4.81. The van der Waals surface area contributed by atoms with Crippen molar-refractivity contribution in [3.05, 3.63) is 66.2 Å². The Morgan fingerprint density at radius 1 is 0.903 bits per heavy atom. The first-order chi connectivity index (χ1) is 15.2. The molecule has 1 fully saturated rings. The van der Waals surface area contributed by atoms with Crippen LogP contribution in [-0.4, -0.2) is 53.1 Å². The summed E-state index contributed by atoms with van der Waals surface area (Å²) in [6.45, 7) is 3.95. The number of piperazine rings is 1. The number of hydrogen-bond acceptors (Lipinski definition) is 8.